The van der Waals surface area contributed by atoms with E-state index in [0.717, 1.165) is 11.1 Å². The van der Waals surface area contributed by atoms with Gasteiger partial charge in [-0.1, -0.05) is 0 Å². The summed E-state index contributed by atoms with van der Waals surface area (Å²) in [5.74, 6) is 0.0977. The molecule has 0 unspecified atom stereocenters. The van der Waals surface area contributed by atoms with Crippen LogP contribution in [0.25, 0.3) is 0 Å². The van der Waals surface area contributed by atoms with Gasteiger partial charge in [0.25, 0.3) is 5.91 Å². The summed E-state index contributed by atoms with van der Waals surface area (Å²) in [5.41, 5.74) is 2.07. The van der Waals surface area contributed by atoms with Crippen LogP contribution < -0.4 is 19.5 Å². The number of ether oxygens (including phenoxy) is 3. The Morgan fingerprint density at radius 2 is 1.65 bits per heavy atom. The molecule has 0 bridgehead atoms. The maximum absolute atomic E-state index is 12.6. The van der Waals surface area contributed by atoms with E-state index < -0.39 is 22.1 Å². The highest BCUT2D eigenvalue weighted by molar-refractivity contribution is 7.89. The first-order valence-corrected chi connectivity index (χ1v) is 11.0. The molecule has 2 rings (SSSR count). The van der Waals surface area contributed by atoms with E-state index in [4.69, 9.17) is 9.47 Å². The Kier molecular flexibility index (Phi) is 8.40. The largest absolute Gasteiger partial charge is 0.513 e. The quantitative estimate of drug-likeness (QED) is 0.342. The number of aryl methyl sites for hydroxylation is 2. The minimum absolute atomic E-state index is 0.00575. The maximum atomic E-state index is 12.6. The van der Waals surface area contributed by atoms with Gasteiger partial charge < -0.3 is 19.5 Å². The molecule has 0 spiro atoms. The van der Waals surface area contributed by atoms with Gasteiger partial charge in [-0.2, -0.15) is 0 Å². The molecule has 0 atom stereocenters. The molecule has 1 amide bonds. The molecule has 0 radical (unpaired) electrons. The van der Waals surface area contributed by atoms with E-state index in [1.807, 2.05) is 13.8 Å². The van der Waals surface area contributed by atoms with Gasteiger partial charge in [-0.3, -0.25) is 4.79 Å². The van der Waals surface area contributed by atoms with Crippen LogP contribution in [0.3, 0.4) is 0 Å². The van der Waals surface area contributed by atoms with Crippen molar-refractivity contribution in [1.29, 1.82) is 0 Å². The third kappa shape index (κ3) is 6.69. The van der Waals surface area contributed by atoms with Gasteiger partial charge in [0.05, 0.1) is 13.7 Å². The minimum Gasteiger partial charge on any atom is -0.495 e. The minimum atomic E-state index is -3.81. The van der Waals surface area contributed by atoms with Crippen molar-refractivity contribution in [2.24, 2.45) is 0 Å². The Morgan fingerprint density at radius 3 is 2.26 bits per heavy atom. The molecule has 0 aliphatic rings. The Hall–Kier alpha value is -3.11. The molecule has 9 nitrogen and oxygen atoms in total. The van der Waals surface area contributed by atoms with E-state index in [9.17, 15) is 18.0 Å². The summed E-state index contributed by atoms with van der Waals surface area (Å²) in [4.78, 5) is 23.5. The highest BCUT2D eigenvalue weighted by Gasteiger charge is 2.20. The van der Waals surface area contributed by atoms with Gasteiger partial charge in [-0.15, -0.1) is 0 Å². The van der Waals surface area contributed by atoms with Crippen molar-refractivity contribution in [3.05, 3.63) is 53.1 Å². The van der Waals surface area contributed by atoms with Gasteiger partial charge >= 0.3 is 6.16 Å². The van der Waals surface area contributed by atoms with E-state index in [1.54, 1.807) is 19.1 Å². The van der Waals surface area contributed by atoms with Crippen molar-refractivity contribution in [2.75, 3.05) is 26.8 Å². The van der Waals surface area contributed by atoms with Gasteiger partial charge in [0.1, 0.15) is 16.4 Å². The molecule has 0 aromatic heterocycles. The Morgan fingerprint density at radius 1 is 1.00 bits per heavy atom. The molecule has 0 aliphatic carbocycles. The zero-order valence-electron chi connectivity index (χ0n) is 17.9. The summed E-state index contributed by atoms with van der Waals surface area (Å²) >= 11 is 0. The molecule has 0 saturated carbocycles. The standard InChI is InChI=1S/C21H26N2O7S/c1-5-29-21(25)30-17-8-6-16(7-9-17)20(24)22-10-11-23-31(26,27)19-13-15(3)14(2)12-18(19)28-4/h6-9,12-13,23H,5,10-11H2,1-4H3,(H,22,24). The maximum Gasteiger partial charge on any atom is 0.513 e. The lowest BCUT2D eigenvalue weighted by Crippen LogP contribution is -2.34. The van der Waals surface area contributed by atoms with Crippen molar-refractivity contribution in [2.45, 2.75) is 25.7 Å². The highest BCUT2D eigenvalue weighted by atomic mass is 32.2. The van der Waals surface area contributed by atoms with Crippen LogP contribution in [0, 0.1) is 13.8 Å². The predicted molar refractivity (Wildman–Crippen MR) is 114 cm³/mol. The van der Waals surface area contributed by atoms with Gasteiger partial charge in [-0.25, -0.2) is 17.9 Å². The summed E-state index contributed by atoms with van der Waals surface area (Å²) in [6, 6.07) is 9.10. The number of amides is 1. The summed E-state index contributed by atoms with van der Waals surface area (Å²) < 4.78 is 42.4. The van der Waals surface area contributed by atoms with E-state index in [1.165, 1.54) is 31.4 Å². The fourth-order valence-electron chi connectivity index (χ4n) is 2.59. The van der Waals surface area contributed by atoms with E-state index in [-0.39, 0.29) is 36.1 Å². The number of methoxy groups -OCH3 is 1. The van der Waals surface area contributed by atoms with Crippen LogP contribution in [0.15, 0.2) is 41.3 Å². The summed E-state index contributed by atoms with van der Waals surface area (Å²) in [5, 5.41) is 2.62. The zero-order chi connectivity index (χ0) is 23.0. The molecule has 0 heterocycles. The van der Waals surface area contributed by atoms with Crippen molar-refractivity contribution < 1.29 is 32.2 Å². The number of carbonyl (C=O) groups excluding carboxylic acids is 2. The van der Waals surface area contributed by atoms with E-state index in [0.29, 0.717) is 5.56 Å². The first kappa shape index (κ1) is 24.2. The average Bonchev–Trinajstić information content (AvgIpc) is 2.73. The van der Waals surface area contributed by atoms with Crippen molar-refractivity contribution >= 4 is 22.1 Å². The molecule has 10 heteroatoms. The molecule has 168 valence electrons. The topological polar surface area (TPSA) is 120 Å². The van der Waals surface area contributed by atoms with E-state index >= 15 is 0 Å². The molecule has 0 fully saturated rings. The molecular formula is C21H26N2O7S. The molecule has 2 aromatic carbocycles. The van der Waals surface area contributed by atoms with E-state index in [2.05, 4.69) is 14.8 Å². The highest BCUT2D eigenvalue weighted by Crippen LogP contribution is 2.27. The van der Waals surface area contributed by atoms with Crippen LogP contribution in [0.5, 0.6) is 11.5 Å². The number of carbonyl (C=O) groups is 2. The molecule has 0 aliphatic heterocycles. The van der Waals surface area contributed by atoms with Crippen LogP contribution in [0.1, 0.15) is 28.4 Å². The molecule has 2 N–H and O–H groups in total. The first-order chi connectivity index (χ1) is 14.7. The van der Waals surface area contributed by atoms with Crippen LogP contribution >= 0.6 is 0 Å². The summed E-state index contributed by atoms with van der Waals surface area (Å²) in [6.07, 6.45) is -0.826. The fourth-order valence-corrected chi connectivity index (χ4v) is 3.86. The van der Waals surface area contributed by atoms with Crippen molar-refractivity contribution in [3.8, 4) is 11.5 Å². The third-order valence-corrected chi connectivity index (χ3v) is 5.83. The monoisotopic (exact) mass is 450 g/mol. The SMILES string of the molecule is CCOC(=O)Oc1ccc(C(=O)NCCNS(=O)(=O)c2cc(C)c(C)cc2OC)cc1. The lowest BCUT2D eigenvalue weighted by molar-refractivity contribution is 0.0954. The van der Waals surface area contributed by atoms with Crippen molar-refractivity contribution in [1.82, 2.24) is 10.0 Å². The third-order valence-electron chi connectivity index (χ3n) is 4.35. The lowest BCUT2D eigenvalue weighted by Gasteiger charge is -2.13. The summed E-state index contributed by atoms with van der Waals surface area (Å²) in [7, 11) is -2.40. The van der Waals surface area contributed by atoms with Gasteiger partial charge in [-0.05, 0) is 68.3 Å². The predicted octanol–water partition coefficient (Wildman–Crippen LogP) is 2.56. The normalized spacial score (nSPS) is 11.0. The summed E-state index contributed by atoms with van der Waals surface area (Å²) in [6.45, 7) is 5.61. The number of hydrogen-bond acceptors (Lipinski definition) is 7. The van der Waals surface area contributed by atoms with Gasteiger partial charge in [0.2, 0.25) is 10.0 Å². The molecule has 31 heavy (non-hydrogen) atoms. The number of rotatable bonds is 9. The second-order valence-electron chi connectivity index (χ2n) is 6.55. The molecule has 0 saturated heterocycles. The Bertz CT molecular complexity index is 1030. The van der Waals surface area contributed by atoms with Crippen molar-refractivity contribution in [3.63, 3.8) is 0 Å². The van der Waals surface area contributed by atoms with Crippen LogP contribution in [-0.2, 0) is 14.8 Å². The number of nitrogens with one attached hydrogen (secondary N) is 2. The van der Waals surface area contributed by atoms with Crippen LogP contribution in [0.2, 0.25) is 0 Å². The first-order valence-electron chi connectivity index (χ1n) is 9.55. The zero-order valence-corrected chi connectivity index (χ0v) is 18.7. The van der Waals surface area contributed by atoms with Crippen LogP contribution in [-0.4, -0.2) is 47.3 Å². The fraction of sp³-hybridized carbons (Fsp3) is 0.333. The second kappa shape index (κ2) is 10.8. The molecule has 2 aromatic rings. The Balaban J connectivity index is 1.90. The number of benzene rings is 2. The van der Waals surface area contributed by atoms with Gasteiger partial charge in [0.15, 0.2) is 0 Å². The smallest absolute Gasteiger partial charge is 0.495 e. The number of sulfonamides is 1. The molecular weight excluding hydrogens is 424 g/mol. The second-order valence-corrected chi connectivity index (χ2v) is 8.29. The average molecular weight is 451 g/mol. The van der Waals surface area contributed by atoms with Crippen LogP contribution in [0.4, 0.5) is 4.79 Å². The Labute approximate surface area is 181 Å². The lowest BCUT2D eigenvalue weighted by atomic mass is 10.1. The van der Waals surface area contributed by atoms with Gasteiger partial charge in [0, 0.05) is 18.7 Å². The number of hydrogen-bond donors (Lipinski definition) is 2.